The molecule has 1 saturated heterocycles. The van der Waals surface area contributed by atoms with Gasteiger partial charge in [-0.1, -0.05) is 0 Å². The Kier molecular flexibility index (Phi) is 10.8. The van der Waals surface area contributed by atoms with Crippen molar-refractivity contribution in [3.8, 4) is 0 Å². The Morgan fingerprint density at radius 2 is 1.74 bits per heavy atom. The molecule has 2 aromatic rings. The summed E-state index contributed by atoms with van der Waals surface area (Å²) in [4.78, 5) is 48.1. The maximum absolute atomic E-state index is 11.5. The van der Waals surface area contributed by atoms with Crippen molar-refractivity contribution in [1.29, 1.82) is 0 Å². The molecule has 1 fully saturated rings. The van der Waals surface area contributed by atoms with Gasteiger partial charge in [0.05, 0.1) is 19.5 Å². The maximum atomic E-state index is 11.5. The fourth-order valence-corrected chi connectivity index (χ4v) is 5.66. The van der Waals surface area contributed by atoms with Gasteiger partial charge < -0.3 is 70.8 Å². The van der Waals surface area contributed by atoms with Gasteiger partial charge in [-0.2, -0.15) is 0 Å². The van der Waals surface area contributed by atoms with Crippen molar-refractivity contribution in [3.63, 3.8) is 0 Å². The maximum Gasteiger partial charge on any atom is 0.476 e. The molecule has 1 aliphatic rings. The van der Waals surface area contributed by atoms with E-state index in [1.54, 1.807) is 0 Å². The first-order chi connectivity index (χ1) is 18.0. The third-order valence-corrected chi connectivity index (χ3v) is 8.52. The predicted octanol–water partition coefficient (Wildman–Crippen LogP) is -5.74. The second kappa shape index (κ2) is 12.6. The number of aliphatic hydroxyl groups is 8. The van der Waals surface area contributed by atoms with Crippen LogP contribution in [0.1, 0.15) is 6.23 Å². The summed E-state index contributed by atoms with van der Waals surface area (Å²) in [5, 5.41) is 71.1. The molecule has 0 aliphatic carbocycles. The van der Waals surface area contributed by atoms with Crippen LogP contribution in [-0.4, -0.2) is 137 Å². The van der Waals surface area contributed by atoms with Gasteiger partial charge in [0, 0.05) is 0 Å². The molecule has 9 atom stereocenters. The Bertz CT molecular complexity index is 1230. The minimum absolute atomic E-state index is 0.218. The number of nitrogen functional groups attached to an aromatic ring is 1. The van der Waals surface area contributed by atoms with E-state index in [0.29, 0.717) is 11.2 Å². The summed E-state index contributed by atoms with van der Waals surface area (Å²) in [6, 6.07) is 0. The summed E-state index contributed by atoms with van der Waals surface area (Å²) in [5.41, 5.74) is 6.44. The monoisotopic (exact) mass is 607 g/mol. The van der Waals surface area contributed by atoms with Gasteiger partial charge >= 0.3 is 15.4 Å². The zero-order valence-electron chi connectivity index (χ0n) is 19.4. The van der Waals surface area contributed by atoms with Gasteiger partial charge in [-0.05, 0) is 0 Å². The van der Waals surface area contributed by atoms with E-state index in [1.807, 2.05) is 0 Å². The number of aromatic nitrogens is 4. The van der Waals surface area contributed by atoms with Gasteiger partial charge in [0.25, 0.3) is 0 Å². The number of hydrogen-bond acceptors (Lipinski definition) is 17. The summed E-state index contributed by atoms with van der Waals surface area (Å²) >= 11 is 0. The molecule has 222 valence electrons. The Labute approximate surface area is 217 Å². The highest BCUT2D eigenvalue weighted by Crippen LogP contribution is 2.64. The SMILES string of the molecule is Nc1ncnc2c1ncn2[C@@H]1O[C@H](CO)[C@@H](O)[C@H]1O.O=C[C@@H](O)[C@@H](O)[C@H](O)[C@](O)(CO)P(=O)(O)OP(=O)(O)O. The number of ether oxygens (including phenoxy) is 1. The van der Waals surface area contributed by atoms with Gasteiger partial charge in [-0.15, -0.1) is 0 Å². The van der Waals surface area contributed by atoms with E-state index in [-0.39, 0.29) is 12.1 Å². The topological polar surface area (TPSA) is 362 Å². The highest BCUT2D eigenvalue weighted by atomic mass is 31.3. The average Bonchev–Trinajstić information content (AvgIpc) is 3.42. The number of fused-ring (bicyclic) bond motifs is 1. The number of nitrogens with two attached hydrogens (primary N) is 1. The molecule has 39 heavy (non-hydrogen) atoms. The second-order valence-electron chi connectivity index (χ2n) is 8.00. The molecule has 0 saturated carbocycles. The van der Waals surface area contributed by atoms with Crippen molar-refractivity contribution >= 4 is 38.7 Å². The number of nitrogens with zero attached hydrogens (tertiary/aromatic N) is 4. The van der Waals surface area contributed by atoms with Crippen LogP contribution in [0.3, 0.4) is 0 Å². The molecule has 0 aromatic carbocycles. The van der Waals surface area contributed by atoms with Crippen molar-refractivity contribution in [2.45, 2.75) is 48.2 Å². The predicted molar refractivity (Wildman–Crippen MR) is 122 cm³/mol. The third kappa shape index (κ3) is 7.00. The normalized spacial score (nSPS) is 27.1. The van der Waals surface area contributed by atoms with E-state index >= 15 is 0 Å². The molecule has 0 bridgehead atoms. The molecule has 3 heterocycles. The lowest BCUT2D eigenvalue weighted by Crippen LogP contribution is -2.55. The van der Waals surface area contributed by atoms with Crippen molar-refractivity contribution in [2.24, 2.45) is 0 Å². The standard InChI is InChI=1S/C10H13N5O4.C6H14O12P2/c11-8-5-9(13-2-12-8)15(3-14-5)10-7(18)6(17)4(1-16)19-10;7-1-3(9)4(10)5(11)6(12,2-8)19(13,14)18-20(15,16)17/h2-4,6-7,10,16-18H,1H2,(H2,11,12,13);1,3-5,8-12H,2H2,(H,13,14)(H2,15,16,17)/t4-,6-,7-,10-;3-,4-,5+,6+/m11/s1. The lowest BCUT2D eigenvalue weighted by Gasteiger charge is -2.36. The second-order valence-corrected chi connectivity index (χ2v) is 11.5. The molecule has 2 aromatic heterocycles. The largest absolute Gasteiger partial charge is 0.476 e. The Morgan fingerprint density at radius 3 is 2.23 bits per heavy atom. The smallest absolute Gasteiger partial charge is 0.394 e. The van der Waals surface area contributed by atoms with Crippen LogP contribution in [0.25, 0.3) is 11.2 Å². The molecular weight excluding hydrogens is 580 g/mol. The van der Waals surface area contributed by atoms with E-state index < -0.39 is 76.8 Å². The molecule has 0 radical (unpaired) electrons. The van der Waals surface area contributed by atoms with Gasteiger partial charge in [0.1, 0.15) is 48.5 Å². The fourth-order valence-electron chi connectivity index (χ4n) is 3.27. The van der Waals surface area contributed by atoms with Crippen LogP contribution >= 0.6 is 15.4 Å². The first-order valence-corrected chi connectivity index (χ1v) is 13.5. The van der Waals surface area contributed by atoms with E-state index in [9.17, 15) is 44.4 Å². The number of hydrogen-bond donors (Lipinski definition) is 12. The first kappa shape index (κ1) is 33.2. The molecular formula is C16H27N5O16P2. The van der Waals surface area contributed by atoms with E-state index in [1.165, 1.54) is 17.2 Å². The highest BCUT2D eigenvalue weighted by Gasteiger charge is 2.58. The van der Waals surface area contributed by atoms with Crippen LogP contribution in [0.5, 0.6) is 0 Å². The lowest BCUT2D eigenvalue weighted by molar-refractivity contribution is -0.147. The summed E-state index contributed by atoms with van der Waals surface area (Å²) in [6.45, 7) is -2.18. The number of anilines is 1. The van der Waals surface area contributed by atoms with Crippen molar-refractivity contribution < 1.29 is 78.5 Å². The van der Waals surface area contributed by atoms with E-state index in [0.717, 1.165) is 0 Å². The molecule has 0 spiro atoms. The van der Waals surface area contributed by atoms with Crippen LogP contribution in [0.2, 0.25) is 0 Å². The Morgan fingerprint density at radius 1 is 1.13 bits per heavy atom. The van der Waals surface area contributed by atoms with Gasteiger partial charge in [0.2, 0.25) is 5.34 Å². The van der Waals surface area contributed by atoms with Crippen molar-refractivity contribution in [3.05, 3.63) is 12.7 Å². The first-order valence-electron chi connectivity index (χ1n) is 10.4. The summed E-state index contributed by atoms with van der Waals surface area (Å²) in [7, 11) is -11.4. The van der Waals surface area contributed by atoms with Crippen LogP contribution in [0.15, 0.2) is 12.7 Å². The number of carbonyl (C=O) groups excluding carboxylic acids is 1. The number of aliphatic hydroxyl groups excluding tert-OH is 7. The van der Waals surface area contributed by atoms with Gasteiger partial charge in [-0.3, -0.25) is 9.13 Å². The molecule has 21 nitrogen and oxygen atoms in total. The number of phosphoric acid groups is 1. The van der Waals surface area contributed by atoms with Crippen LogP contribution in [0.4, 0.5) is 5.82 Å². The molecule has 13 N–H and O–H groups in total. The zero-order chi connectivity index (χ0) is 29.9. The molecule has 1 aliphatic heterocycles. The van der Waals surface area contributed by atoms with Crippen molar-refractivity contribution in [1.82, 2.24) is 19.5 Å². The number of carbonyl (C=O) groups is 1. The lowest BCUT2D eigenvalue weighted by atomic mass is 10.0. The van der Waals surface area contributed by atoms with Crippen LogP contribution in [0, 0.1) is 0 Å². The number of imidazole rings is 1. The van der Waals surface area contributed by atoms with E-state index in [4.69, 9.17) is 35.6 Å². The minimum Gasteiger partial charge on any atom is -0.394 e. The molecule has 0 amide bonds. The van der Waals surface area contributed by atoms with Crippen LogP contribution in [-0.2, 0) is 23.0 Å². The summed E-state index contributed by atoms with van der Waals surface area (Å²) < 4.78 is 32.3. The average molecular weight is 607 g/mol. The number of rotatable bonds is 10. The van der Waals surface area contributed by atoms with Gasteiger partial charge in [-0.25, -0.2) is 23.8 Å². The minimum atomic E-state index is -5.79. The molecule has 23 heteroatoms. The molecule has 1 unspecified atom stereocenters. The van der Waals surface area contributed by atoms with Crippen molar-refractivity contribution in [2.75, 3.05) is 18.9 Å². The van der Waals surface area contributed by atoms with Gasteiger partial charge in [0.15, 0.2) is 24.0 Å². The molecule has 3 rings (SSSR count). The highest BCUT2D eigenvalue weighted by molar-refractivity contribution is 7.64. The quantitative estimate of drug-likeness (QED) is 0.0883. The Balaban J connectivity index is 0.000000273. The summed E-state index contributed by atoms with van der Waals surface area (Å²) in [5.74, 6) is 0.218. The summed E-state index contributed by atoms with van der Waals surface area (Å²) in [6.07, 6.45) is -9.40. The van der Waals surface area contributed by atoms with Crippen LogP contribution < -0.4 is 5.73 Å². The Hall–Kier alpha value is -2.04. The van der Waals surface area contributed by atoms with E-state index in [2.05, 4.69) is 19.3 Å². The number of aldehydes is 1. The third-order valence-electron chi connectivity index (χ3n) is 5.40. The zero-order valence-corrected chi connectivity index (χ0v) is 21.2. The fraction of sp³-hybridized carbons (Fsp3) is 0.625.